The molecule has 108 valence electrons. The van der Waals surface area contributed by atoms with Crippen LogP contribution in [0, 0.1) is 0 Å². The molecular formula is C13H14ClN7. The topological polar surface area (TPSA) is 62.5 Å². The average molecular weight is 304 g/mol. The van der Waals surface area contributed by atoms with Gasteiger partial charge in [0.2, 0.25) is 5.95 Å². The van der Waals surface area contributed by atoms with E-state index < -0.39 is 0 Å². The van der Waals surface area contributed by atoms with Gasteiger partial charge in [-0.05, 0) is 35.7 Å². The Bertz CT molecular complexity index is 807. The first kappa shape index (κ1) is 12.7. The highest BCUT2D eigenvalue weighted by Crippen LogP contribution is 2.24. The number of hydrogen-bond acceptors (Lipinski definition) is 6. The van der Waals surface area contributed by atoms with Crippen LogP contribution in [0.3, 0.4) is 0 Å². The molecular weight excluding hydrogens is 290 g/mol. The van der Waals surface area contributed by atoms with Gasteiger partial charge in [0.05, 0.1) is 5.52 Å². The molecule has 8 heteroatoms. The zero-order valence-corrected chi connectivity index (χ0v) is 12.3. The molecule has 0 radical (unpaired) electrons. The van der Waals surface area contributed by atoms with Crippen LogP contribution in [0.25, 0.3) is 16.6 Å². The van der Waals surface area contributed by atoms with E-state index in [2.05, 4.69) is 32.4 Å². The fourth-order valence-electron chi connectivity index (χ4n) is 2.64. The summed E-state index contributed by atoms with van der Waals surface area (Å²) in [6, 6.07) is 5.60. The van der Waals surface area contributed by atoms with Gasteiger partial charge in [0.1, 0.15) is 0 Å². The number of tetrazole rings is 1. The Balaban J connectivity index is 1.91. The maximum Gasteiger partial charge on any atom is 0.230 e. The van der Waals surface area contributed by atoms with Gasteiger partial charge in [0, 0.05) is 36.6 Å². The third-order valence-electron chi connectivity index (χ3n) is 3.87. The first-order chi connectivity index (χ1) is 10.2. The van der Waals surface area contributed by atoms with Crippen LogP contribution in [-0.2, 0) is 0 Å². The second-order valence-electron chi connectivity index (χ2n) is 5.28. The number of piperazine rings is 1. The number of benzene rings is 1. The monoisotopic (exact) mass is 303 g/mol. The van der Waals surface area contributed by atoms with Crippen molar-refractivity contribution in [2.24, 2.45) is 0 Å². The molecule has 3 heterocycles. The first-order valence-electron chi connectivity index (χ1n) is 6.83. The predicted molar refractivity (Wildman–Crippen MR) is 80.8 cm³/mol. The van der Waals surface area contributed by atoms with Crippen molar-refractivity contribution in [1.29, 1.82) is 0 Å². The van der Waals surface area contributed by atoms with Crippen LogP contribution < -0.4 is 4.90 Å². The maximum atomic E-state index is 6.07. The Morgan fingerprint density at radius 3 is 2.76 bits per heavy atom. The number of nitrogens with zero attached hydrogens (tertiary/aromatic N) is 7. The van der Waals surface area contributed by atoms with Crippen LogP contribution in [0.15, 0.2) is 18.2 Å². The summed E-state index contributed by atoms with van der Waals surface area (Å²) in [7, 11) is 2.12. The van der Waals surface area contributed by atoms with Gasteiger partial charge < -0.3 is 9.80 Å². The summed E-state index contributed by atoms with van der Waals surface area (Å²) >= 11 is 6.07. The lowest BCUT2D eigenvalue weighted by Crippen LogP contribution is -2.45. The quantitative estimate of drug-likeness (QED) is 0.670. The Kier molecular flexibility index (Phi) is 2.90. The van der Waals surface area contributed by atoms with Crippen LogP contribution in [0.2, 0.25) is 5.02 Å². The normalized spacial score (nSPS) is 17.0. The molecule has 0 N–H and O–H groups in total. The fourth-order valence-corrected chi connectivity index (χ4v) is 2.81. The number of rotatable bonds is 1. The minimum atomic E-state index is 0.654. The Hall–Kier alpha value is -1.99. The molecule has 1 aliphatic heterocycles. The summed E-state index contributed by atoms with van der Waals surface area (Å²) in [5, 5.41) is 13.5. The minimum Gasteiger partial charge on any atom is -0.338 e. The Morgan fingerprint density at radius 1 is 1.14 bits per heavy atom. The molecule has 7 nitrogen and oxygen atoms in total. The van der Waals surface area contributed by atoms with Crippen molar-refractivity contribution in [1.82, 2.24) is 29.9 Å². The molecule has 2 aromatic heterocycles. The second kappa shape index (κ2) is 4.78. The lowest BCUT2D eigenvalue weighted by molar-refractivity contribution is 0.310. The van der Waals surface area contributed by atoms with E-state index in [1.165, 1.54) is 0 Å². The van der Waals surface area contributed by atoms with Crippen LogP contribution in [0.1, 0.15) is 0 Å². The van der Waals surface area contributed by atoms with E-state index in [0.29, 0.717) is 10.7 Å². The average Bonchev–Trinajstić information content (AvgIpc) is 2.97. The number of halogens is 1. The zero-order valence-electron chi connectivity index (χ0n) is 11.6. The Labute approximate surface area is 126 Å². The molecule has 3 aromatic rings. The van der Waals surface area contributed by atoms with Crippen molar-refractivity contribution in [3.05, 3.63) is 23.2 Å². The first-order valence-corrected chi connectivity index (χ1v) is 7.21. The standard InChI is InChI=1S/C13H14ClN7/c1-19-4-6-20(7-5-19)13-15-11-3-2-9(14)8-10(11)12-16-17-18-21(12)13/h2-3,8H,4-7H2,1H3. The molecule has 0 aliphatic carbocycles. The number of anilines is 1. The van der Waals surface area contributed by atoms with Crippen molar-refractivity contribution >= 4 is 34.1 Å². The van der Waals surface area contributed by atoms with Crippen molar-refractivity contribution in [3.8, 4) is 0 Å². The summed E-state index contributed by atoms with van der Waals surface area (Å²) in [6.45, 7) is 3.84. The molecule has 0 bridgehead atoms. The molecule has 0 amide bonds. The third-order valence-corrected chi connectivity index (χ3v) is 4.10. The molecule has 1 saturated heterocycles. The van der Waals surface area contributed by atoms with Gasteiger partial charge in [-0.15, -0.1) is 5.10 Å². The minimum absolute atomic E-state index is 0.654. The fraction of sp³-hybridized carbons (Fsp3) is 0.385. The molecule has 1 fully saturated rings. The largest absolute Gasteiger partial charge is 0.338 e. The van der Waals surface area contributed by atoms with Gasteiger partial charge in [0.25, 0.3) is 0 Å². The molecule has 21 heavy (non-hydrogen) atoms. The lowest BCUT2D eigenvalue weighted by atomic mass is 10.2. The highest BCUT2D eigenvalue weighted by Gasteiger charge is 2.20. The van der Waals surface area contributed by atoms with E-state index >= 15 is 0 Å². The van der Waals surface area contributed by atoms with Gasteiger partial charge in [0.15, 0.2) is 5.65 Å². The molecule has 0 spiro atoms. The smallest absolute Gasteiger partial charge is 0.230 e. The molecule has 0 saturated carbocycles. The van der Waals surface area contributed by atoms with Crippen LogP contribution in [-0.4, -0.2) is 63.2 Å². The van der Waals surface area contributed by atoms with Gasteiger partial charge in [-0.3, -0.25) is 0 Å². The van der Waals surface area contributed by atoms with Crippen LogP contribution in [0.4, 0.5) is 5.95 Å². The van der Waals surface area contributed by atoms with Crippen LogP contribution in [0.5, 0.6) is 0 Å². The van der Waals surface area contributed by atoms with Gasteiger partial charge in [-0.25, -0.2) is 4.98 Å². The summed E-state index contributed by atoms with van der Waals surface area (Å²) in [5.41, 5.74) is 1.55. The van der Waals surface area contributed by atoms with Gasteiger partial charge in [-0.1, -0.05) is 11.6 Å². The number of fused-ring (bicyclic) bond motifs is 3. The number of aromatic nitrogens is 5. The van der Waals surface area contributed by atoms with E-state index in [1.807, 2.05) is 18.2 Å². The van der Waals surface area contributed by atoms with E-state index in [4.69, 9.17) is 16.6 Å². The molecule has 0 atom stereocenters. The van der Waals surface area contributed by atoms with E-state index in [9.17, 15) is 0 Å². The maximum absolute atomic E-state index is 6.07. The molecule has 4 rings (SSSR count). The lowest BCUT2D eigenvalue weighted by Gasteiger charge is -2.32. The predicted octanol–water partition coefficient (Wildman–Crippen LogP) is 1.08. The molecule has 1 aliphatic rings. The van der Waals surface area contributed by atoms with Crippen molar-refractivity contribution < 1.29 is 0 Å². The van der Waals surface area contributed by atoms with Crippen molar-refractivity contribution in [3.63, 3.8) is 0 Å². The highest BCUT2D eigenvalue weighted by molar-refractivity contribution is 6.31. The van der Waals surface area contributed by atoms with E-state index in [1.54, 1.807) is 4.52 Å². The number of likely N-dealkylation sites (N-methyl/N-ethyl adjacent to an activating group) is 1. The second-order valence-corrected chi connectivity index (χ2v) is 5.71. The van der Waals surface area contributed by atoms with Crippen molar-refractivity contribution in [2.75, 3.05) is 38.1 Å². The summed E-state index contributed by atoms with van der Waals surface area (Å²) in [6.07, 6.45) is 0. The molecule has 1 aromatic carbocycles. The van der Waals surface area contributed by atoms with E-state index in [0.717, 1.165) is 43.0 Å². The SMILES string of the molecule is CN1CCN(c2nc3ccc(Cl)cc3c3nnnn23)CC1. The zero-order chi connectivity index (χ0) is 14.4. The van der Waals surface area contributed by atoms with Crippen LogP contribution >= 0.6 is 11.6 Å². The van der Waals surface area contributed by atoms with Gasteiger partial charge in [-0.2, -0.15) is 4.52 Å². The Morgan fingerprint density at radius 2 is 1.95 bits per heavy atom. The summed E-state index contributed by atoms with van der Waals surface area (Å²) in [5.74, 6) is 0.790. The highest BCUT2D eigenvalue weighted by atomic mass is 35.5. The third kappa shape index (κ3) is 2.09. The van der Waals surface area contributed by atoms with Crippen molar-refractivity contribution in [2.45, 2.75) is 0 Å². The summed E-state index contributed by atoms with van der Waals surface area (Å²) in [4.78, 5) is 9.25. The van der Waals surface area contributed by atoms with Gasteiger partial charge >= 0.3 is 0 Å². The summed E-state index contributed by atoms with van der Waals surface area (Å²) < 4.78 is 1.70. The van der Waals surface area contributed by atoms with E-state index in [-0.39, 0.29) is 0 Å². The molecule has 0 unspecified atom stereocenters. The number of hydrogen-bond donors (Lipinski definition) is 0.